The van der Waals surface area contributed by atoms with Crippen LogP contribution in [0.3, 0.4) is 0 Å². The van der Waals surface area contributed by atoms with E-state index in [1.54, 1.807) is 12.1 Å². The van der Waals surface area contributed by atoms with E-state index in [1.807, 2.05) is 49.4 Å². The van der Waals surface area contributed by atoms with Crippen LogP contribution in [0.15, 0.2) is 66.7 Å². The zero-order valence-electron chi connectivity index (χ0n) is 21.3. The average molecular weight is 530 g/mol. The number of aryl methyl sites for hydroxylation is 1. The third-order valence-electron chi connectivity index (χ3n) is 6.67. The predicted octanol–water partition coefficient (Wildman–Crippen LogP) is 5.56. The monoisotopic (exact) mass is 529 g/mol. The Morgan fingerprint density at radius 3 is 2.63 bits per heavy atom. The van der Waals surface area contributed by atoms with Gasteiger partial charge in [-0.1, -0.05) is 60.1 Å². The van der Waals surface area contributed by atoms with Crippen molar-refractivity contribution in [2.24, 2.45) is 0 Å². The molecular formula is C30H28ClN3O4. The topological polar surface area (TPSA) is 80.8 Å². The van der Waals surface area contributed by atoms with Gasteiger partial charge < -0.3 is 14.8 Å². The van der Waals surface area contributed by atoms with Crippen molar-refractivity contribution in [1.29, 1.82) is 0 Å². The summed E-state index contributed by atoms with van der Waals surface area (Å²) in [5.41, 5.74) is 5.40. The van der Waals surface area contributed by atoms with E-state index in [4.69, 9.17) is 26.1 Å². The van der Waals surface area contributed by atoms with Gasteiger partial charge in [-0.25, -0.2) is 4.79 Å². The fourth-order valence-corrected chi connectivity index (χ4v) is 4.93. The van der Waals surface area contributed by atoms with E-state index in [2.05, 4.69) is 22.3 Å². The number of carbonyl (C=O) groups excluding carboxylic acids is 2. The van der Waals surface area contributed by atoms with Crippen LogP contribution in [0.1, 0.15) is 32.7 Å². The Morgan fingerprint density at radius 1 is 1.08 bits per heavy atom. The number of ether oxygens (including phenoxy) is 2. The number of anilines is 1. The summed E-state index contributed by atoms with van der Waals surface area (Å²) in [5, 5.41) is 4.00. The summed E-state index contributed by atoms with van der Waals surface area (Å²) >= 11 is 6.16. The molecule has 0 saturated heterocycles. The minimum absolute atomic E-state index is 0.424. The van der Waals surface area contributed by atoms with E-state index in [1.165, 1.54) is 12.7 Å². The highest BCUT2D eigenvalue weighted by Gasteiger charge is 2.27. The lowest BCUT2D eigenvalue weighted by molar-refractivity contribution is -0.119. The molecule has 3 aromatic carbocycles. The first-order chi connectivity index (χ1) is 18.4. The van der Waals surface area contributed by atoms with Crippen LogP contribution in [0.25, 0.3) is 10.9 Å². The maximum atomic E-state index is 13.5. The van der Waals surface area contributed by atoms with Gasteiger partial charge in [-0.15, -0.1) is 0 Å². The number of halogens is 1. The van der Waals surface area contributed by atoms with Gasteiger partial charge in [0, 0.05) is 53.8 Å². The summed E-state index contributed by atoms with van der Waals surface area (Å²) in [5.74, 6) is -0.597. The second-order valence-corrected chi connectivity index (χ2v) is 9.71. The highest BCUT2D eigenvalue weighted by molar-refractivity contribution is 6.31. The summed E-state index contributed by atoms with van der Waals surface area (Å²) in [6.45, 7) is 3.57. The molecule has 38 heavy (non-hydrogen) atoms. The molecule has 0 atom stereocenters. The van der Waals surface area contributed by atoms with E-state index in [9.17, 15) is 9.59 Å². The number of rotatable bonds is 7. The number of amides is 1. The van der Waals surface area contributed by atoms with Crippen LogP contribution in [0, 0.1) is 6.92 Å². The van der Waals surface area contributed by atoms with Gasteiger partial charge in [-0.05, 0) is 30.2 Å². The highest BCUT2D eigenvalue weighted by atomic mass is 35.5. The molecule has 0 fully saturated rings. The Bertz CT molecular complexity index is 1510. The van der Waals surface area contributed by atoms with Gasteiger partial charge in [-0.2, -0.15) is 0 Å². The maximum absolute atomic E-state index is 13.5. The van der Waals surface area contributed by atoms with Crippen LogP contribution in [-0.4, -0.2) is 42.0 Å². The van der Waals surface area contributed by atoms with Crippen molar-refractivity contribution >= 4 is 40.1 Å². The molecule has 5 rings (SSSR count). The van der Waals surface area contributed by atoms with Crippen LogP contribution >= 0.6 is 11.6 Å². The molecule has 194 valence electrons. The molecule has 8 heteroatoms. The van der Waals surface area contributed by atoms with Gasteiger partial charge in [-0.3, -0.25) is 14.7 Å². The number of benzene rings is 3. The van der Waals surface area contributed by atoms with Crippen molar-refractivity contribution < 1.29 is 19.1 Å². The lowest BCUT2D eigenvalue weighted by Crippen LogP contribution is -2.32. The molecule has 0 unspecified atom stereocenters. The third-order valence-corrected chi connectivity index (χ3v) is 7.08. The van der Waals surface area contributed by atoms with Gasteiger partial charge >= 0.3 is 5.97 Å². The first-order valence-electron chi connectivity index (χ1n) is 12.4. The van der Waals surface area contributed by atoms with Gasteiger partial charge in [0.2, 0.25) is 0 Å². The minimum Gasteiger partial charge on any atom is -0.495 e. The maximum Gasteiger partial charge on any atom is 0.339 e. The van der Waals surface area contributed by atoms with E-state index >= 15 is 0 Å². The number of fused-ring (bicyclic) bond motifs is 2. The molecule has 0 radical (unpaired) electrons. The highest BCUT2D eigenvalue weighted by Crippen LogP contribution is 2.32. The second-order valence-electron chi connectivity index (χ2n) is 9.30. The fourth-order valence-electron chi connectivity index (χ4n) is 4.78. The van der Waals surface area contributed by atoms with Crippen molar-refractivity contribution in [3.05, 3.63) is 99.7 Å². The lowest BCUT2D eigenvalue weighted by atomic mass is 9.95. The van der Waals surface area contributed by atoms with Gasteiger partial charge in [0.05, 0.1) is 23.9 Å². The number of hydrogen-bond acceptors (Lipinski definition) is 6. The number of esters is 1. The molecule has 1 aliphatic rings. The molecule has 0 spiro atoms. The Kier molecular flexibility index (Phi) is 7.58. The molecular weight excluding hydrogens is 502 g/mol. The number of nitrogens with one attached hydrogen (secondary N) is 1. The van der Waals surface area contributed by atoms with Gasteiger partial charge in [0.1, 0.15) is 5.75 Å². The molecule has 1 aromatic heterocycles. The quantitative estimate of drug-likeness (QED) is 0.316. The van der Waals surface area contributed by atoms with E-state index in [0.29, 0.717) is 34.0 Å². The van der Waals surface area contributed by atoms with Crippen molar-refractivity contribution in [3.8, 4) is 5.75 Å². The number of aromatic nitrogens is 1. The van der Waals surface area contributed by atoms with E-state index < -0.39 is 18.5 Å². The van der Waals surface area contributed by atoms with E-state index in [0.717, 1.165) is 41.8 Å². The SMILES string of the molecule is COc1cc(Cl)c(C)cc1NC(=O)COC(=O)c1c2c(nc3ccccc13)CCN(Cc1ccccc1)C2. The molecule has 0 bridgehead atoms. The summed E-state index contributed by atoms with van der Waals surface area (Å²) in [6, 6.07) is 21.1. The normalized spacial score (nSPS) is 13.1. The zero-order valence-corrected chi connectivity index (χ0v) is 22.0. The number of hydrogen-bond donors (Lipinski definition) is 1. The molecule has 1 N–H and O–H groups in total. The number of nitrogens with zero attached hydrogens (tertiary/aromatic N) is 2. The second kappa shape index (κ2) is 11.2. The minimum atomic E-state index is -0.546. The summed E-state index contributed by atoms with van der Waals surface area (Å²) < 4.78 is 10.9. The Labute approximate surface area is 226 Å². The van der Waals surface area contributed by atoms with Crippen LogP contribution in [-0.2, 0) is 29.0 Å². The van der Waals surface area contributed by atoms with E-state index in [-0.39, 0.29) is 0 Å². The average Bonchev–Trinajstić information content (AvgIpc) is 2.93. The summed E-state index contributed by atoms with van der Waals surface area (Å²) in [6.07, 6.45) is 0.726. The summed E-state index contributed by atoms with van der Waals surface area (Å²) in [4.78, 5) is 33.4. The first-order valence-corrected chi connectivity index (χ1v) is 12.8. The molecule has 0 aliphatic carbocycles. The molecule has 1 aliphatic heterocycles. The zero-order chi connectivity index (χ0) is 26.6. The molecule has 0 saturated carbocycles. The molecule has 1 amide bonds. The van der Waals surface area contributed by atoms with Crippen molar-refractivity contribution in [1.82, 2.24) is 9.88 Å². The van der Waals surface area contributed by atoms with Crippen molar-refractivity contribution in [2.45, 2.75) is 26.4 Å². The molecule has 7 nitrogen and oxygen atoms in total. The van der Waals surface area contributed by atoms with Gasteiger partial charge in [0.25, 0.3) is 5.91 Å². The standard InChI is InChI=1S/C30H28ClN3O4/c1-19-14-26(27(37-2)15-23(19)31)33-28(35)18-38-30(36)29-21-10-6-7-11-24(21)32-25-12-13-34(17-22(25)29)16-20-8-4-3-5-9-20/h3-11,14-15H,12-13,16-18H2,1-2H3,(H,33,35). The van der Waals surface area contributed by atoms with Crippen molar-refractivity contribution in [3.63, 3.8) is 0 Å². The largest absolute Gasteiger partial charge is 0.495 e. The Morgan fingerprint density at radius 2 is 1.84 bits per heavy atom. The van der Waals surface area contributed by atoms with Crippen LogP contribution in [0.4, 0.5) is 5.69 Å². The number of para-hydroxylation sites is 1. The van der Waals surface area contributed by atoms with Crippen LogP contribution < -0.4 is 10.1 Å². The third kappa shape index (κ3) is 5.49. The van der Waals surface area contributed by atoms with Crippen LogP contribution in [0.2, 0.25) is 5.02 Å². The Balaban J connectivity index is 1.37. The first kappa shape index (κ1) is 25.7. The van der Waals surface area contributed by atoms with Gasteiger partial charge in [0.15, 0.2) is 6.61 Å². The molecule has 2 heterocycles. The number of pyridine rings is 1. The molecule has 4 aromatic rings. The smallest absolute Gasteiger partial charge is 0.339 e. The number of carbonyl (C=O) groups is 2. The van der Waals surface area contributed by atoms with Crippen molar-refractivity contribution in [2.75, 3.05) is 25.6 Å². The lowest BCUT2D eigenvalue weighted by Gasteiger charge is -2.30. The number of methoxy groups -OCH3 is 1. The summed E-state index contributed by atoms with van der Waals surface area (Å²) in [7, 11) is 1.50. The fraction of sp³-hybridized carbons (Fsp3) is 0.233. The van der Waals surface area contributed by atoms with Crippen LogP contribution in [0.5, 0.6) is 5.75 Å². The Hall–Kier alpha value is -3.94. The predicted molar refractivity (Wildman–Crippen MR) is 148 cm³/mol.